The van der Waals surface area contributed by atoms with Crippen molar-refractivity contribution in [1.82, 2.24) is 0 Å². The van der Waals surface area contributed by atoms with Crippen LogP contribution in [0.3, 0.4) is 0 Å². The first-order valence-electron chi connectivity index (χ1n) is 10.7. The maximum absolute atomic E-state index is 13.3. The molecular weight excluding hydrogens is 378 g/mol. The van der Waals surface area contributed by atoms with Crippen molar-refractivity contribution in [3.05, 3.63) is 29.8 Å². The van der Waals surface area contributed by atoms with E-state index in [2.05, 4.69) is 0 Å². The minimum atomic E-state index is -0.991. The standard InChI is InChI=1S/C22H32F2O3Si/c1-26-12-13-28-19-9-6-16(7-10-19)15-2-4-17(5-3-15)22(25)27-18-8-11-20(23)21(24)14-18/h8,11,14-17,19H,2-7,9-10,12-13,28H2,1H3. The number of halogens is 2. The van der Waals surface area contributed by atoms with Gasteiger partial charge in [-0.3, -0.25) is 4.79 Å². The van der Waals surface area contributed by atoms with Gasteiger partial charge in [0.25, 0.3) is 0 Å². The zero-order chi connectivity index (χ0) is 19.9. The van der Waals surface area contributed by atoms with Crippen LogP contribution in [0.1, 0.15) is 51.4 Å². The first-order valence-corrected chi connectivity index (χ1v) is 12.5. The smallest absolute Gasteiger partial charge is 0.314 e. The fourth-order valence-corrected chi connectivity index (χ4v) is 7.11. The van der Waals surface area contributed by atoms with Gasteiger partial charge in [-0.2, -0.15) is 0 Å². The van der Waals surface area contributed by atoms with Gasteiger partial charge in [-0.05, 0) is 55.7 Å². The molecule has 0 spiro atoms. The highest BCUT2D eigenvalue weighted by Gasteiger charge is 2.33. The third kappa shape index (κ3) is 5.86. The van der Waals surface area contributed by atoms with Crippen LogP contribution in [0.15, 0.2) is 18.2 Å². The molecule has 1 aromatic carbocycles. The number of carbonyl (C=O) groups excluding carboxylic acids is 1. The van der Waals surface area contributed by atoms with Crippen LogP contribution in [0.5, 0.6) is 5.75 Å². The van der Waals surface area contributed by atoms with Gasteiger partial charge in [-0.1, -0.05) is 31.2 Å². The summed E-state index contributed by atoms with van der Waals surface area (Å²) in [4.78, 5) is 12.4. The summed E-state index contributed by atoms with van der Waals surface area (Å²) < 4.78 is 36.7. The maximum Gasteiger partial charge on any atom is 0.314 e. The van der Waals surface area contributed by atoms with E-state index in [1.807, 2.05) is 0 Å². The highest BCUT2D eigenvalue weighted by Crippen LogP contribution is 2.43. The Morgan fingerprint density at radius 1 is 1.00 bits per heavy atom. The quantitative estimate of drug-likeness (QED) is 0.278. The lowest BCUT2D eigenvalue weighted by atomic mass is 9.71. The predicted octanol–water partition coefficient (Wildman–Crippen LogP) is 4.89. The van der Waals surface area contributed by atoms with E-state index in [4.69, 9.17) is 9.47 Å². The fraction of sp³-hybridized carbons (Fsp3) is 0.682. The monoisotopic (exact) mass is 410 g/mol. The van der Waals surface area contributed by atoms with Gasteiger partial charge in [0, 0.05) is 29.3 Å². The van der Waals surface area contributed by atoms with Gasteiger partial charge >= 0.3 is 5.97 Å². The number of hydrogen-bond acceptors (Lipinski definition) is 3. The summed E-state index contributed by atoms with van der Waals surface area (Å²) in [6.07, 6.45) is 9.31. The third-order valence-electron chi connectivity index (χ3n) is 6.73. The van der Waals surface area contributed by atoms with Crippen molar-refractivity contribution in [2.75, 3.05) is 13.7 Å². The summed E-state index contributed by atoms with van der Waals surface area (Å²) in [5, 5.41) is 0. The lowest BCUT2D eigenvalue weighted by molar-refractivity contribution is -0.140. The topological polar surface area (TPSA) is 35.5 Å². The molecule has 6 heteroatoms. The molecule has 2 aliphatic carbocycles. The van der Waals surface area contributed by atoms with Gasteiger partial charge in [0.05, 0.1) is 5.92 Å². The Morgan fingerprint density at radius 3 is 2.25 bits per heavy atom. The zero-order valence-electron chi connectivity index (χ0n) is 16.8. The van der Waals surface area contributed by atoms with Crippen molar-refractivity contribution < 1.29 is 23.0 Å². The molecule has 3 nitrogen and oxygen atoms in total. The highest BCUT2D eigenvalue weighted by atomic mass is 28.2. The number of rotatable bonds is 7. The van der Waals surface area contributed by atoms with Crippen LogP contribution in [0, 0.1) is 29.4 Å². The second-order valence-corrected chi connectivity index (χ2v) is 11.0. The van der Waals surface area contributed by atoms with Crippen molar-refractivity contribution in [3.8, 4) is 5.75 Å². The molecular formula is C22H32F2O3Si. The average Bonchev–Trinajstić information content (AvgIpc) is 2.72. The number of carbonyl (C=O) groups is 1. The lowest BCUT2D eigenvalue weighted by Crippen LogP contribution is -2.30. The van der Waals surface area contributed by atoms with E-state index in [0.29, 0.717) is 0 Å². The van der Waals surface area contributed by atoms with Crippen molar-refractivity contribution in [2.45, 2.75) is 63.0 Å². The van der Waals surface area contributed by atoms with Crippen molar-refractivity contribution in [1.29, 1.82) is 0 Å². The van der Waals surface area contributed by atoms with Crippen molar-refractivity contribution in [3.63, 3.8) is 0 Å². The Kier molecular flexibility index (Phi) is 8.03. The van der Waals surface area contributed by atoms with Crippen molar-refractivity contribution in [2.24, 2.45) is 17.8 Å². The Bertz CT molecular complexity index is 639. The van der Waals surface area contributed by atoms with Gasteiger partial charge < -0.3 is 9.47 Å². The fourth-order valence-electron chi connectivity index (χ4n) is 5.03. The first kappa shape index (κ1) is 21.4. The molecule has 0 atom stereocenters. The minimum Gasteiger partial charge on any atom is -0.426 e. The Morgan fingerprint density at radius 2 is 1.64 bits per heavy atom. The Labute approximate surface area is 169 Å². The van der Waals surface area contributed by atoms with Crippen LogP contribution in [-0.2, 0) is 9.53 Å². The van der Waals surface area contributed by atoms with E-state index in [1.165, 1.54) is 37.8 Å². The highest BCUT2D eigenvalue weighted by molar-refractivity contribution is 6.37. The van der Waals surface area contributed by atoms with Gasteiger partial charge in [0.1, 0.15) is 5.75 Å². The molecule has 0 unspecified atom stereocenters. The second-order valence-electron chi connectivity index (χ2n) is 8.52. The minimum absolute atomic E-state index is 0.0135. The van der Waals surface area contributed by atoms with E-state index in [0.717, 1.165) is 61.8 Å². The molecule has 0 saturated heterocycles. The summed E-state index contributed by atoms with van der Waals surface area (Å²) in [7, 11) is 1.80. The molecule has 0 N–H and O–H groups in total. The molecule has 2 fully saturated rings. The molecule has 2 aliphatic rings. The normalized spacial score (nSPS) is 28.5. The van der Waals surface area contributed by atoms with Crippen molar-refractivity contribution >= 4 is 15.5 Å². The molecule has 28 heavy (non-hydrogen) atoms. The Balaban J connectivity index is 1.39. The van der Waals surface area contributed by atoms with Gasteiger partial charge in [0.2, 0.25) is 0 Å². The molecule has 0 aromatic heterocycles. The molecule has 0 bridgehead atoms. The molecule has 156 valence electrons. The summed E-state index contributed by atoms with van der Waals surface area (Å²) in [6.45, 7) is 0.927. The molecule has 1 aromatic rings. The van der Waals surface area contributed by atoms with Crippen LogP contribution >= 0.6 is 0 Å². The van der Waals surface area contributed by atoms with Gasteiger partial charge in [-0.25, -0.2) is 8.78 Å². The van der Waals surface area contributed by atoms with Crippen LogP contribution < -0.4 is 4.74 Å². The molecule has 0 radical (unpaired) electrons. The van der Waals surface area contributed by atoms with Gasteiger partial charge in [0.15, 0.2) is 11.6 Å². The van der Waals surface area contributed by atoms with E-state index in [-0.39, 0.29) is 27.2 Å². The maximum atomic E-state index is 13.3. The molecule has 2 saturated carbocycles. The van der Waals surface area contributed by atoms with E-state index >= 15 is 0 Å². The number of hydrogen-bond donors (Lipinski definition) is 0. The number of esters is 1. The van der Waals surface area contributed by atoms with Crippen LogP contribution in [-0.4, -0.2) is 29.2 Å². The molecule has 3 rings (SSSR count). The number of methoxy groups -OCH3 is 1. The number of ether oxygens (including phenoxy) is 2. The number of benzene rings is 1. The third-order valence-corrected chi connectivity index (χ3v) is 9.06. The summed E-state index contributed by atoms with van der Waals surface area (Å²) in [6, 6.07) is 4.53. The molecule has 0 heterocycles. The van der Waals surface area contributed by atoms with E-state index in [9.17, 15) is 13.6 Å². The summed E-state index contributed by atoms with van der Waals surface area (Å²) in [5.74, 6) is -0.725. The largest absolute Gasteiger partial charge is 0.426 e. The van der Waals surface area contributed by atoms with Crippen LogP contribution in [0.2, 0.25) is 11.6 Å². The molecule has 0 amide bonds. The van der Waals surface area contributed by atoms with Crippen LogP contribution in [0.25, 0.3) is 0 Å². The Hall–Kier alpha value is -1.27. The first-order chi connectivity index (χ1) is 13.6. The zero-order valence-corrected chi connectivity index (χ0v) is 18.2. The van der Waals surface area contributed by atoms with E-state index < -0.39 is 11.6 Å². The SMILES string of the molecule is COCC[SiH2]C1CCC(C2CCC(C(=O)Oc3ccc(F)c(F)c3)CC2)CC1. The second kappa shape index (κ2) is 10.5. The van der Waals surface area contributed by atoms with Gasteiger partial charge in [-0.15, -0.1) is 0 Å². The summed E-state index contributed by atoms with van der Waals surface area (Å²) >= 11 is 0. The lowest BCUT2D eigenvalue weighted by Gasteiger charge is -2.37. The average molecular weight is 411 g/mol. The summed E-state index contributed by atoms with van der Waals surface area (Å²) in [5.41, 5.74) is 0.994. The van der Waals surface area contributed by atoms with E-state index in [1.54, 1.807) is 7.11 Å². The predicted molar refractivity (Wildman–Crippen MR) is 108 cm³/mol. The van der Waals surface area contributed by atoms with Crippen LogP contribution in [0.4, 0.5) is 8.78 Å². The molecule has 0 aliphatic heterocycles.